The van der Waals surface area contributed by atoms with Crippen molar-refractivity contribution in [3.63, 3.8) is 0 Å². The summed E-state index contributed by atoms with van der Waals surface area (Å²) in [4.78, 5) is 36.6. The minimum Gasteiger partial charge on any atom is -0.480 e. The highest BCUT2D eigenvalue weighted by Crippen LogP contribution is 2.44. The van der Waals surface area contributed by atoms with E-state index in [1.165, 1.54) is 28.9 Å². The van der Waals surface area contributed by atoms with Gasteiger partial charge in [-0.2, -0.15) is 0 Å². The molecule has 1 aliphatic carbocycles. The molecule has 3 N–H and O–H groups in total. The van der Waals surface area contributed by atoms with Gasteiger partial charge in [-0.25, -0.2) is 19.1 Å². The Morgan fingerprint density at radius 3 is 2.24 bits per heavy atom. The van der Waals surface area contributed by atoms with Crippen LogP contribution in [0.2, 0.25) is 0 Å². The maximum Gasteiger partial charge on any atom is 0.408 e. The average Bonchev–Trinajstić information content (AvgIpc) is 3.53. The van der Waals surface area contributed by atoms with Gasteiger partial charge in [-0.15, -0.1) is 5.10 Å². The molecule has 218 valence electrons. The molecule has 1 heterocycles. The number of fused-ring (bicyclic) bond motifs is 3. The van der Waals surface area contributed by atoms with E-state index >= 15 is 0 Å². The molecule has 2 atom stereocenters. The maximum absolute atomic E-state index is 12.5. The van der Waals surface area contributed by atoms with E-state index in [1.54, 1.807) is 20.8 Å². The van der Waals surface area contributed by atoms with E-state index in [0.29, 0.717) is 31.5 Å². The molecule has 0 aliphatic heterocycles. The van der Waals surface area contributed by atoms with Gasteiger partial charge in [0.25, 0.3) is 0 Å². The minimum atomic E-state index is -1.07. The van der Waals surface area contributed by atoms with Crippen molar-refractivity contribution in [1.82, 2.24) is 25.6 Å². The van der Waals surface area contributed by atoms with Crippen molar-refractivity contribution < 1.29 is 29.0 Å². The third-order valence-corrected chi connectivity index (χ3v) is 6.91. The lowest BCUT2D eigenvalue weighted by molar-refractivity contribution is -0.140. The topological polar surface area (TPSA) is 145 Å². The predicted molar refractivity (Wildman–Crippen MR) is 151 cm³/mol. The smallest absolute Gasteiger partial charge is 0.408 e. The first-order valence-corrected chi connectivity index (χ1v) is 13.8. The number of rotatable bonds is 11. The van der Waals surface area contributed by atoms with Crippen LogP contribution in [0.25, 0.3) is 11.1 Å². The molecule has 0 radical (unpaired) electrons. The molecule has 2 unspecified atom stereocenters. The number of carbonyl (C=O) groups excluding carboxylic acids is 2. The number of carboxylic acid groups (broad SMARTS) is 1. The highest BCUT2D eigenvalue weighted by molar-refractivity contribution is 5.79. The van der Waals surface area contributed by atoms with Crippen LogP contribution in [0.5, 0.6) is 0 Å². The second-order valence-electron chi connectivity index (χ2n) is 11.1. The number of hydrogen-bond donors (Lipinski definition) is 3. The Morgan fingerprint density at radius 2 is 1.63 bits per heavy atom. The highest BCUT2D eigenvalue weighted by atomic mass is 16.6. The van der Waals surface area contributed by atoms with Crippen molar-refractivity contribution in [2.75, 3.05) is 13.2 Å². The summed E-state index contributed by atoms with van der Waals surface area (Å²) in [6.45, 7) is 7.38. The Hall–Kier alpha value is -4.41. The number of amides is 2. The van der Waals surface area contributed by atoms with Crippen LogP contribution in [0.1, 0.15) is 81.8 Å². The van der Waals surface area contributed by atoms with Crippen LogP contribution in [0.3, 0.4) is 0 Å². The number of hydrogen-bond acceptors (Lipinski definition) is 7. The Labute approximate surface area is 239 Å². The van der Waals surface area contributed by atoms with Crippen molar-refractivity contribution in [2.45, 2.75) is 70.6 Å². The third kappa shape index (κ3) is 7.41. The SMILES string of the molecule is CC(C(=O)O)n1nncc1C(CCCCNC(=O)OCC1c2ccccc2-c2ccccc21)NC(=O)OC(C)(C)C. The van der Waals surface area contributed by atoms with E-state index < -0.39 is 35.8 Å². The zero-order valence-corrected chi connectivity index (χ0v) is 23.8. The number of ether oxygens (including phenoxy) is 2. The summed E-state index contributed by atoms with van der Waals surface area (Å²) >= 11 is 0. The molecule has 1 aromatic heterocycles. The van der Waals surface area contributed by atoms with Gasteiger partial charge < -0.3 is 25.2 Å². The highest BCUT2D eigenvalue weighted by Gasteiger charge is 2.29. The Kier molecular flexibility index (Phi) is 9.26. The molecule has 0 spiro atoms. The molecule has 2 amide bonds. The van der Waals surface area contributed by atoms with Crippen molar-refractivity contribution in [3.8, 4) is 11.1 Å². The first kappa shape index (κ1) is 29.6. The molecule has 41 heavy (non-hydrogen) atoms. The van der Waals surface area contributed by atoms with Crippen LogP contribution in [-0.4, -0.2) is 57.0 Å². The molecule has 11 heteroatoms. The molecule has 0 saturated carbocycles. The lowest BCUT2D eigenvalue weighted by Crippen LogP contribution is -2.36. The van der Waals surface area contributed by atoms with Crippen LogP contribution >= 0.6 is 0 Å². The molecule has 11 nitrogen and oxygen atoms in total. The molecule has 2 aromatic carbocycles. The molecule has 0 saturated heterocycles. The van der Waals surface area contributed by atoms with E-state index in [4.69, 9.17) is 9.47 Å². The molecule has 3 aromatic rings. The molecule has 4 rings (SSSR count). The lowest BCUT2D eigenvalue weighted by atomic mass is 9.98. The normalized spacial score (nSPS) is 14.0. The predicted octanol–water partition coefficient (Wildman–Crippen LogP) is 5.20. The van der Waals surface area contributed by atoms with E-state index in [9.17, 15) is 19.5 Å². The summed E-state index contributed by atoms with van der Waals surface area (Å²) in [6.07, 6.45) is 1.98. The number of alkyl carbamates (subject to hydrolysis) is 2. The number of benzene rings is 2. The van der Waals surface area contributed by atoms with Crippen LogP contribution in [0.4, 0.5) is 9.59 Å². The summed E-state index contributed by atoms with van der Waals surface area (Å²) < 4.78 is 12.3. The fourth-order valence-electron chi connectivity index (χ4n) is 4.96. The summed E-state index contributed by atoms with van der Waals surface area (Å²) in [5, 5.41) is 22.8. The number of nitrogens with zero attached hydrogens (tertiary/aromatic N) is 3. The van der Waals surface area contributed by atoms with Gasteiger partial charge in [-0.1, -0.05) is 53.7 Å². The maximum atomic E-state index is 12.5. The van der Waals surface area contributed by atoms with Crippen LogP contribution < -0.4 is 10.6 Å². The van der Waals surface area contributed by atoms with Crippen molar-refractivity contribution in [3.05, 3.63) is 71.5 Å². The molecular formula is C30H37N5O6. The zero-order chi connectivity index (χ0) is 29.6. The van der Waals surface area contributed by atoms with Crippen molar-refractivity contribution in [2.24, 2.45) is 0 Å². The van der Waals surface area contributed by atoms with E-state index in [-0.39, 0.29) is 12.5 Å². The van der Waals surface area contributed by atoms with Gasteiger partial charge in [0.15, 0.2) is 0 Å². The van der Waals surface area contributed by atoms with Gasteiger partial charge in [-0.05, 0) is 69.2 Å². The molecule has 0 fully saturated rings. The lowest BCUT2D eigenvalue weighted by Gasteiger charge is -2.24. The van der Waals surface area contributed by atoms with Gasteiger partial charge in [0.05, 0.1) is 17.9 Å². The number of aliphatic carboxylic acids is 1. The Bertz CT molecular complexity index is 1340. The van der Waals surface area contributed by atoms with E-state index in [2.05, 4.69) is 45.2 Å². The molecule has 1 aliphatic rings. The number of aromatic nitrogens is 3. The molecule has 0 bridgehead atoms. The second-order valence-corrected chi connectivity index (χ2v) is 11.1. The monoisotopic (exact) mass is 563 g/mol. The third-order valence-electron chi connectivity index (χ3n) is 6.91. The van der Waals surface area contributed by atoms with Crippen LogP contribution in [0, 0.1) is 0 Å². The fourth-order valence-corrected chi connectivity index (χ4v) is 4.96. The summed E-state index contributed by atoms with van der Waals surface area (Å²) in [5.41, 5.74) is 4.39. The van der Waals surface area contributed by atoms with Gasteiger partial charge >= 0.3 is 18.2 Å². The quantitative estimate of drug-likeness (QED) is 0.270. The average molecular weight is 564 g/mol. The fraction of sp³-hybridized carbons (Fsp3) is 0.433. The van der Waals surface area contributed by atoms with E-state index in [0.717, 1.165) is 11.1 Å². The number of nitrogens with one attached hydrogen (secondary N) is 2. The zero-order valence-electron chi connectivity index (χ0n) is 23.8. The number of unbranched alkanes of at least 4 members (excludes halogenated alkanes) is 1. The van der Waals surface area contributed by atoms with Gasteiger partial charge in [0.2, 0.25) is 0 Å². The first-order valence-electron chi connectivity index (χ1n) is 13.8. The number of carboxylic acids is 1. The standard InChI is InChI=1S/C30H37N5O6/c1-19(27(36)37)35-26(17-32-34-35)25(33-29(39)41-30(2,3)4)15-9-10-16-31-28(38)40-18-24-22-13-7-5-11-20(22)21-12-6-8-14-23(21)24/h5-8,11-14,17,19,24-25H,9-10,15-16,18H2,1-4H3,(H,31,38)(H,33,39)(H,36,37). The largest absolute Gasteiger partial charge is 0.480 e. The van der Waals surface area contributed by atoms with Gasteiger partial charge in [-0.3, -0.25) is 0 Å². The molecular weight excluding hydrogens is 526 g/mol. The first-order chi connectivity index (χ1) is 19.5. The van der Waals surface area contributed by atoms with Crippen LogP contribution in [-0.2, 0) is 14.3 Å². The van der Waals surface area contributed by atoms with Crippen molar-refractivity contribution in [1.29, 1.82) is 0 Å². The van der Waals surface area contributed by atoms with Crippen molar-refractivity contribution >= 4 is 18.2 Å². The van der Waals surface area contributed by atoms with Gasteiger partial charge in [0.1, 0.15) is 18.2 Å². The van der Waals surface area contributed by atoms with Gasteiger partial charge in [0, 0.05) is 12.5 Å². The number of carbonyl (C=O) groups is 3. The summed E-state index contributed by atoms with van der Waals surface area (Å²) in [5.74, 6) is -1.08. The minimum absolute atomic E-state index is 0.0144. The summed E-state index contributed by atoms with van der Waals surface area (Å²) in [6, 6.07) is 14.8. The summed E-state index contributed by atoms with van der Waals surface area (Å²) in [7, 11) is 0. The second kappa shape index (κ2) is 12.8. The Morgan fingerprint density at radius 1 is 1.00 bits per heavy atom. The van der Waals surface area contributed by atoms with Crippen LogP contribution in [0.15, 0.2) is 54.7 Å². The van der Waals surface area contributed by atoms with E-state index in [1.807, 2.05) is 24.3 Å². The Balaban J connectivity index is 1.29.